The zero-order chi connectivity index (χ0) is 14.3. The third kappa shape index (κ3) is 4.80. The Labute approximate surface area is 128 Å². The molecule has 21 heavy (non-hydrogen) atoms. The smallest absolute Gasteiger partial charge is 0.0594 e. The molecule has 2 fully saturated rings. The maximum Gasteiger partial charge on any atom is 0.0594 e. The van der Waals surface area contributed by atoms with Crippen molar-refractivity contribution in [2.45, 2.75) is 32.2 Å². The van der Waals surface area contributed by atoms with Gasteiger partial charge in [0.15, 0.2) is 0 Å². The van der Waals surface area contributed by atoms with Crippen molar-refractivity contribution in [3.05, 3.63) is 35.4 Å². The van der Waals surface area contributed by atoms with Gasteiger partial charge in [0.05, 0.1) is 13.2 Å². The van der Waals surface area contributed by atoms with Gasteiger partial charge in [-0.1, -0.05) is 24.3 Å². The van der Waals surface area contributed by atoms with Crippen LogP contribution in [-0.2, 0) is 17.7 Å². The molecule has 3 heteroatoms. The van der Waals surface area contributed by atoms with Crippen molar-refractivity contribution in [1.82, 2.24) is 9.80 Å². The van der Waals surface area contributed by atoms with E-state index in [1.807, 2.05) is 0 Å². The summed E-state index contributed by atoms with van der Waals surface area (Å²) in [5.41, 5.74) is 2.95. The maximum absolute atomic E-state index is 5.39. The minimum atomic E-state index is 0.908. The average Bonchev–Trinajstić information content (AvgIpc) is 3.03. The molecule has 2 aliphatic rings. The molecule has 0 saturated carbocycles. The van der Waals surface area contributed by atoms with Crippen LogP contribution < -0.4 is 0 Å². The van der Waals surface area contributed by atoms with Gasteiger partial charge in [0.1, 0.15) is 0 Å². The highest BCUT2D eigenvalue weighted by atomic mass is 16.5. The molecule has 0 bridgehead atoms. The molecule has 0 aromatic heterocycles. The molecule has 0 aliphatic carbocycles. The van der Waals surface area contributed by atoms with Crippen LogP contribution in [0.2, 0.25) is 0 Å². The van der Waals surface area contributed by atoms with Crippen LogP contribution in [-0.4, -0.2) is 55.7 Å². The fourth-order valence-electron chi connectivity index (χ4n) is 3.34. The molecule has 1 aromatic rings. The highest BCUT2D eigenvalue weighted by molar-refractivity contribution is 5.22. The lowest BCUT2D eigenvalue weighted by atomic mass is 10.1. The first kappa shape index (κ1) is 15.0. The SMILES string of the molecule is c1cc(CN2CCCC2)ccc1CCCN1CCOCC1. The van der Waals surface area contributed by atoms with Crippen LogP contribution in [0.1, 0.15) is 30.4 Å². The fraction of sp³-hybridized carbons (Fsp3) is 0.667. The first-order valence-corrected chi connectivity index (χ1v) is 8.50. The van der Waals surface area contributed by atoms with Crippen LogP contribution in [0.3, 0.4) is 0 Å². The molecule has 0 spiro atoms. The first-order chi connectivity index (χ1) is 10.4. The maximum atomic E-state index is 5.39. The van der Waals surface area contributed by atoms with E-state index in [-0.39, 0.29) is 0 Å². The Bertz CT molecular complexity index is 406. The number of hydrogen-bond donors (Lipinski definition) is 0. The van der Waals surface area contributed by atoms with Gasteiger partial charge in [-0.2, -0.15) is 0 Å². The average molecular weight is 288 g/mol. The summed E-state index contributed by atoms with van der Waals surface area (Å²) in [6.45, 7) is 8.93. The van der Waals surface area contributed by atoms with Crippen LogP contribution in [0.15, 0.2) is 24.3 Å². The highest BCUT2D eigenvalue weighted by Gasteiger charge is 2.12. The second kappa shape index (κ2) is 7.92. The number of ether oxygens (including phenoxy) is 1. The van der Waals surface area contributed by atoms with Gasteiger partial charge in [0.2, 0.25) is 0 Å². The highest BCUT2D eigenvalue weighted by Crippen LogP contribution is 2.14. The van der Waals surface area contributed by atoms with Crippen molar-refractivity contribution in [2.24, 2.45) is 0 Å². The fourth-order valence-corrected chi connectivity index (χ4v) is 3.34. The standard InChI is InChI=1S/C18H28N2O/c1-2-10-20(9-1)16-18-7-5-17(6-8-18)4-3-11-19-12-14-21-15-13-19/h5-8H,1-4,9-16H2. The predicted octanol–water partition coefficient (Wildman–Crippen LogP) is 2.55. The number of likely N-dealkylation sites (tertiary alicyclic amines) is 1. The number of hydrogen-bond acceptors (Lipinski definition) is 3. The van der Waals surface area contributed by atoms with Gasteiger partial charge in [-0.3, -0.25) is 9.80 Å². The Morgan fingerprint density at radius 3 is 2.19 bits per heavy atom. The Hall–Kier alpha value is -0.900. The van der Waals surface area contributed by atoms with Crippen LogP contribution in [0.5, 0.6) is 0 Å². The topological polar surface area (TPSA) is 15.7 Å². The number of morpholine rings is 1. The molecule has 3 rings (SSSR count). The van der Waals surface area contributed by atoms with E-state index in [0.717, 1.165) is 32.8 Å². The molecule has 2 aliphatic heterocycles. The summed E-state index contributed by atoms with van der Waals surface area (Å²) in [5, 5.41) is 0. The number of nitrogens with zero attached hydrogens (tertiary/aromatic N) is 2. The Balaban J connectivity index is 1.39. The van der Waals surface area contributed by atoms with Crippen molar-refractivity contribution in [1.29, 1.82) is 0 Å². The van der Waals surface area contributed by atoms with E-state index in [1.54, 1.807) is 0 Å². The van der Waals surface area contributed by atoms with E-state index in [0.29, 0.717) is 0 Å². The quantitative estimate of drug-likeness (QED) is 0.800. The minimum absolute atomic E-state index is 0.908. The molecular formula is C18H28N2O. The van der Waals surface area contributed by atoms with Gasteiger partial charge in [-0.15, -0.1) is 0 Å². The van der Waals surface area contributed by atoms with E-state index in [9.17, 15) is 0 Å². The molecule has 0 atom stereocenters. The summed E-state index contributed by atoms with van der Waals surface area (Å²) in [6.07, 6.45) is 5.20. The lowest BCUT2D eigenvalue weighted by Gasteiger charge is -2.26. The van der Waals surface area contributed by atoms with Gasteiger partial charge in [-0.25, -0.2) is 0 Å². The van der Waals surface area contributed by atoms with Crippen molar-refractivity contribution in [3.63, 3.8) is 0 Å². The number of rotatable bonds is 6. The molecule has 0 unspecified atom stereocenters. The van der Waals surface area contributed by atoms with E-state index < -0.39 is 0 Å². The molecule has 2 saturated heterocycles. The van der Waals surface area contributed by atoms with Crippen molar-refractivity contribution in [3.8, 4) is 0 Å². The molecular weight excluding hydrogens is 260 g/mol. The second-order valence-electron chi connectivity index (χ2n) is 6.36. The minimum Gasteiger partial charge on any atom is -0.379 e. The predicted molar refractivity (Wildman–Crippen MR) is 86.5 cm³/mol. The van der Waals surface area contributed by atoms with Crippen LogP contribution in [0, 0.1) is 0 Å². The van der Waals surface area contributed by atoms with E-state index in [4.69, 9.17) is 4.74 Å². The van der Waals surface area contributed by atoms with E-state index in [1.165, 1.54) is 56.4 Å². The normalized spacial score (nSPS) is 21.0. The van der Waals surface area contributed by atoms with Crippen molar-refractivity contribution >= 4 is 0 Å². The Kier molecular flexibility index (Phi) is 5.67. The molecule has 0 radical (unpaired) electrons. The molecule has 2 heterocycles. The Morgan fingerprint density at radius 1 is 0.810 bits per heavy atom. The van der Waals surface area contributed by atoms with Crippen LogP contribution >= 0.6 is 0 Å². The summed E-state index contributed by atoms with van der Waals surface area (Å²) >= 11 is 0. The Morgan fingerprint density at radius 2 is 1.48 bits per heavy atom. The number of aryl methyl sites for hydroxylation is 1. The van der Waals surface area contributed by atoms with Crippen LogP contribution in [0.4, 0.5) is 0 Å². The molecule has 1 aromatic carbocycles. The third-order valence-electron chi connectivity index (χ3n) is 4.67. The van der Waals surface area contributed by atoms with Gasteiger partial charge < -0.3 is 4.74 Å². The zero-order valence-corrected chi connectivity index (χ0v) is 13.1. The summed E-state index contributed by atoms with van der Waals surface area (Å²) in [7, 11) is 0. The van der Waals surface area contributed by atoms with Gasteiger partial charge in [0.25, 0.3) is 0 Å². The van der Waals surface area contributed by atoms with Crippen LogP contribution in [0.25, 0.3) is 0 Å². The second-order valence-corrected chi connectivity index (χ2v) is 6.36. The monoisotopic (exact) mass is 288 g/mol. The van der Waals surface area contributed by atoms with Gasteiger partial charge in [-0.05, 0) is 56.4 Å². The van der Waals surface area contributed by atoms with E-state index in [2.05, 4.69) is 34.1 Å². The summed E-state index contributed by atoms with van der Waals surface area (Å²) in [4.78, 5) is 5.08. The lowest BCUT2D eigenvalue weighted by Crippen LogP contribution is -2.36. The van der Waals surface area contributed by atoms with E-state index >= 15 is 0 Å². The van der Waals surface area contributed by atoms with Gasteiger partial charge in [0, 0.05) is 19.6 Å². The molecule has 0 N–H and O–H groups in total. The summed E-state index contributed by atoms with van der Waals surface area (Å²) in [5.74, 6) is 0. The van der Waals surface area contributed by atoms with Gasteiger partial charge >= 0.3 is 0 Å². The summed E-state index contributed by atoms with van der Waals surface area (Å²) in [6, 6.07) is 9.29. The van der Waals surface area contributed by atoms with Crippen molar-refractivity contribution < 1.29 is 4.74 Å². The molecule has 116 valence electrons. The molecule has 0 amide bonds. The molecule has 3 nitrogen and oxygen atoms in total. The third-order valence-corrected chi connectivity index (χ3v) is 4.67. The summed E-state index contributed by atoms with van der Waals surface area (Å²) < 4.78 is 5.39. The zero-order valence-electron chi connectivity index (χ0n) is 13.1. The largest absolute Gasteiger partial charge is 0.379 e. The number of benzene rings is 1. The van der Waals surface area contributed by atoms with Crippen molar-refractivity contribution in [2.75, 3.05) is 45.9 Å². The first-order valence-electron chi connectivity index (χ1n) is 8.50. The lowest BCUT2D eigenvalue weighted by molar-refractivity contribution is 0.0375.